The maximum atomic E-state index is 12.8. The molecule has 14 nitrogen and oxygen atoms in total. The molecule has 0 radical (unpaired) electrons. The van der Waals surface area contributed by atoms with Gasteiger partial charge in [-0.05, 0) is 39.8 Å². The number of amides is 1. The van der Waals surface area contributed by atoms with Crippen molar-refractivity contribution in [3.05, 3.63) is 48.5 Å². The molecule has 2 N–H and O–H groups in total. The Morgan fingerprint density at radius 3 is 2.48 bits per heavy atom. The van der Waals surface area contributed by atoms with E-state index >= 15 is 0 Å². The zero-order valence-corrected chi connectivity index (χ0v) is 26.7. The maximum absolute atomic E-state index is 12.8. The van der Waals surface area contributed by atoms with E-state index in [0.717, 1.165) is 0 Å². The summed E-state index contributed by atoms with van der Waals surface area (Å²) in [5.74, 6) is -0.0926. The molecule has 0 aliphatic carbocycles. The van der Waals surface area contributed by atoms with Crippen LogP contribution in [0.4, 0.5) is 5.82 Å². The second-order valence-electron chi connectivity index (χ2n) is 10.2. The minimum Gasteiger partial charge on any atom is -0.394 e. The molecule has 1 amide bonds. The highest BCUT2D eigenvalue weighted by Crippen LogP contribution is 2.46. The Bertz CT molecular complexity index is 1310. The van der Waals surface area contributed by atoms with Crippen molar-refractivity contribution in [1.82, 2.24) is 24.2 Å². The van der Waals surface area contributed by atoms with Crippen LogP contribution in [0.5, 0.6) is 0 Å². The molecule has 44 heavy (non-hydrogen) atoms. The van der Waals surface area contributed by atoms with E-state index in [-0.39, 0.29) is 56.7 Å². The third kappa shape index (κ3) is 10.2. The number of aromatic nitrogens is 4. The number of carbonyl (C=O) groups excluding carboxylic acids is 1. The van der Waals surface area contributed by atoms with Gasteiger partial charge < -0.3 is 33.7 Å². The number of anilines is 1. The second kappa shape index (κ2) is 18.6. The molecule has 0 saturated heterocycles. The average Bonchev–Trinajstić information content (AvgIpc) is 3.45. The third-order valence-corrected chi connectivity index (χ3v) is 8.29. The van der Waals surface area contributed by atoms with Crippen LogP contribution in [0.15, 0.2) is 43.0 Å². The van der Waals surface area contributed by atoms with E-state index in [4.69, 9.17) is 28.5 Å². The molecule has 0 spiro atoms. The van der Waals surface area contributed by atoms with Gasteiger partial charge in [-0.15, -0.1) is 0 Å². The maximum Gasteiger partial charge on any atom is 0.259 e. The van der Waals surface area contributed by atoms with Crippen molar-refractivity contribution in [3.63, 3.8) is 0 Å². The monoisotopic (exact) mass is 631 g/mol. The van der Waals surface area contributed by atoms with Gasteiger partial charge in [0.2, 0.25) is 0 Å². The van der Waals surface area contributed by atoms with E-state index < -0.39 is 20.9 Å². The summed E-state index contributed by atoms with van der Waals surface area (Å²) in [6, 6.07) is 11.1. The number of nitrogens with zero attached hydrogens (tertiary/aromatic N) is 6. The van der Waals surface area contributed by atoms with Crippen molar-refractivity contribution >= 4 is 31.4 Å². The minimum atomic E-state index is -1.54. The highest BCUT2D eigenvalue weighted by molar-refractivity contribution is 7.44. The van der Waals surface area contributed by atoms with Crippen molar-refractivity contribution in [3.8, 4) is 6.07 Å². The summed E-state index contributed by atoms with van der Waals surface area (Å²) in [5, 5.41) is 22.1. The van der Waals surface area contributed by atoms with Gasteiger partial charge in [0.25, 0.3) is 14.4 Å². The van der Waals surface area contributed by atoms with Gasteiger partial charge >= 0.3 is 0 Å². The first-order valence-corrected chi connectivity index (χ1v) is 15.5. The van der Waals surface area contributed by atoms with Crippen LogP contribution in [0.25, 0.3) is 11.2 Å². The molecule has 0 aliphatic rings. The Kier molecular flexibility index (Phi) is 15.0. The number of imidazole rings is 1. The third-order valence-electron chi connectivity index (χ3n) is 6.22. The lowest BCUT2D eigenvalue weighted by Gasteiger charge is -2.36. The summed E-state index contributed by atoms with van der Waals surface area (Å²) < 4.78 is 33.1. The van der Waals surface area contributed by atoms with Crippen molar-refractivity contribution in [1.29, 1.82) is 5.26 Å². The molecule has 2 heterocycles. The molecule has 3 atom stereocenters. The Hall–Kier alpha value is -3.12. The zero-order valence-electron chi connectivity index (χ0n) is 25.8. The van der Waals surface area contributed by atoms with Gasteiger partial charge in [-0.2, -0.15) is 5.26 Å². The van der Waals surface area contributed by atoms with E-state index in [1.165, 1.54) is 12.7 Å². The number of benzene rings is 1. The van der Waals surface area contributed by atoms with E-state index in [0.29, 0.717) is 29.9 Å². The van der Waals surface area contributed by atoms with Crippen LogP contribution < -0.4 is 5.32 Å². The first-order valence-electron chi connectivity index (χ1n) is 14.4. The molecule has 3 aromatic rings. The molecule has 0 fully saturated rings. The Labute approximate surface area is 259 Å². The molecular formula is C29H42N7O7P. The quantitative estimate of drug-likeness (QED) is 0.137. The summed E-state index contributed by atoms with van der Waals surface area (Å²) in [7, 11) is 0.0441. The minimum absolute atomic E-state index is 0.0132. The summed E-state index contributed by atoms with van der Waals surface area (Å²) in [4.78, 5) is 25.9. The number of hydrogen-bond acceptors (Lipinski definition) is 12. The van der Waals surface area contributed by atoms with Gasteiger partial charge in [-0.25, -0.2) is 19.6 Å². The van der Waals surface area contributed by atoms with Crippen LogP contribution in [0.2, 0.25) is 0 Å². The van der Waals surface area contributed by atoms with Crippen LogP contribution >= 0.6 is 8.53 Å². The summed E-state index contributed by atoms with van der Waals surface area (Å²) in [6.45, 7) is 8.84. The molecule has 15 heteroatoms. The lowest BCUT2D eigenvalue weighted by Crippen LogP contribution is -2.35. The van der Waals surface area contributed by atoms with Gasteiger partial charge in [0.15, 0.2) is 23.2 Å². The van der Waals surface area contributed by atoms with Crippen LogP contribution in [0, 0.1) is 11.3 Å². The van der Waals surface area contributed by atoms with Crippen molar-refractivity contribution in [2.45, 2.75) is 58.5 Å². The number of hydrogen-bond donors (Lipinski definition) is 2. The fourth-order valence-electron chi connectivity index (χ4n) is 4.25. The number of rotatable bonds is 20. The standard InChI is InChI=1S/C29H42N7O7P/c1-21(2)36(22(3)4)44(41-13-9-12-30)42-17-24(16-37)43-25(18-40-15-14-39-5)35-20-33-26-27(31-19-32-28(26)35)34-29(38)23-10-7-6-8-11-23/h6-8,10-11,19-22,24-25,37H,9,13-18H2,1-5H3,(H,31,32,34,38)/t24-,25-,44?/m1/s1. The molecule has 0 aliphatic heterocycles. The normalized spacial score (nSPS) is 13.8. The number of methoxy groups -OCH3 is 1. The average molecular weight is 632 g/mol. The molecule has 2 aromatic heterocycles. The molecule has 240 valence electrons. The largest absolute Gasteiger partial charge is 0.394 e. The first kappa shape index (κ1) is 35.4. The number of nitriles is 1. The molecule has 1 aromatic carbocycles. The molecule has 0 saturated carbocycles. The fourth-order valence-corrected chi connectivity index (χ4v) is 5.89. The summed E-state index contributed by atoms with van der Waals surface area (Å²) in [5.41, 5.74) is 1.23. The lowest BCUT2D eigenvalue weighted by molar-refractivity contribution is -0.121. The SMILES string of the molecule is COCCOC[C@@H](O[C@H](CO)COP(OCCC#N)N(C(C)C)C(C)C)n1cnc2c(NC(=O)c3ccccc3)ncnc21. The number of aliphatic hydroxyl groups is 1. The van der Waals surface area contributed by atoms with E-state index in [1.807, 2.05) is 33.8 Å². The predicted octanol–water partition coefficient (Wildman–Crippen LogP) is 3.91. The molecule has 1 unspecified atom stereocenters. The molecule has 0 bridgehead atoms. The van der Waals surface area contributed by atoms with Crippen molar-refractivity contribution in [2.24, 2.45) is 0 Å². The topological polar surface area (TPSA) is 166 Å². The number of carbonyl (C=O) groups is 1. The second-order valence-corrected chi connectivity index (χ2v) is 11.6. The van der Waals surface area contributed by atoms with E-state index in [2.05, 4.69) is 31.0 Å². The van der Waals surface area contributed by atoms with Gasteiger partial charge in [-0.3, -0.25) is 9.36 Å². The van der Waals surface area contributed by atoms with Gasteiger partial charge in [-0.1, -0.05) is 18.2 Å². The summed E-state index contributed by atoms with van der Waals surface area (Å²) in [6.07, 6.45) is 1.54. The number of ether oxygens (including phenoxy) is 3. The Morgan fingerprint density at radius 1 is 1.07 bits per heavy atom. The molecule has 3 rings (SSSR count). The van der Waals surface area contributed by atoms with Crippen LogP contribution in [-0.4, -0.2) is 100 Å². The van der Waals surface area contributed by atoms with Crippen molar-refractivity contribution < 1.29 is 33.2 Å². The smallest absolute Gasteiger partial charge is 0.259 e. The predicted molar refractivity (Wildman–Crippen MR) is 165 cm³/mol. The molecular weight excluding hydrogens is 589 g/mol. The Balaban J connectivity index is 1.82. The Morgan fingerprint density at radius 2 is 1.82 bits per heavy atom. The summed E-state index contributed by atoms with van der Waals surface area (Å²) >= 11 is 0. The highest BCUT2D eigenvalue weighted by atomic mass is 31.2. The lowest BCUT2D eigenvalue weighted by atomic mass is 10.2. The highest BCUT2D eigenvalue weighted by Gasteiger charge is 2.29. The number of aliphatic hydroxyl groups excluding tert-OH is 1. The van der Waals surface area contributed by atoms with Crippen molar-refractivity contribution in [2.75, 3.05) is 52.1 Å². The van der Waals surface area contributed by atoms with Gasteiger partial charge in [0.05, 0.1) is 58.5 Å². The van der Waals surface area contributed by atoms with Gasteiger partial charge in [0, 0.05) is 24.8 Å². The zero-order chi connectivity index (χ0) is 31.9. The van der Waals surface area contributed by atoms with Gasteiger partial charge in [0.1, 0.15) is 12.4 Å². The van der Waals surface area contributed by atoms with E-state index in [1.54, 1.807) is 35.9 Å². The van der Waals surface area contributed by atoms with E-state index in [9.17, 15) is 9.90 Å². The van der Waals surface area contributed by atoms with Crippen LogP contribution in [-0.2, 0) is 23.3 Å². The fraction of sp³-hybridized carbons (Fsp3) is 0.552. The first-order chi connectivity index (χ1) is 21.3. The number of nitrogens with one attached hydrogen (secondary N) is 1. The van der Waals surface area contributed by atoms with Crippen LogP contribution in [0.1, 0.15) is 50.7 Å². The van der Waals surface area contributed by atoms with Crippen LogP contribution in [0.3, 0.4) is 0 Å². The number of fused-ring (bicyclic) bond motifs is 1.